The minimum atomic E-state index is 0.235. The Balaban J connectivity index is 1.51. The molecular weight excluding hydrogens is 308 g/mol. The van der Waals surface area contributed by atoms with Gasteiger partial charge in [-0.1, -0.05) is 0 Å². The van der Waals surface area contributed by atoms with Crippen molar-refractivity contribution in [2.45, 2.75) is 6.04 Å². The van der Waals surface area contributed by atoms with Crippen molar-refractivity contribution in [3.8, 4) is 11.3 Å². The van der Waals surface area contributed by atoms with Gasteiger partial charge in [-0.25, -0.2) is 9.97 Å². The molecule has 9 heteroatoms. The molecule has 24 heavy (non-hydrogen) atoms. The minimum Gasteiger partial charge on any atom is -0.341 e. The highest BCUT2D eigenvalue weighted by atomic mass is 16.1. The molecule has 1 saturated heterocycles. The molecule has 0 bridgehead atoms. The molecule has 0 aromatic carbocycles. The second kappa shape index (κ2) is 5.76. The summed E-state index contributed by atoms with van der Waals surface area (Å²) in [6.45, 7) is 1.39. The van der Waals surface area contributed by atoms with E-state index in [-0.39, 0.29) is 6.04 Å². The summed E-state index contributed by atoms with van der Waals surface area (Å²) in [5.74, 6) is 0.504. The largest absolute Gasteiger partial charge is 0.341 e. The molecule has 0 saturated carbocycles. The van der Waals surface area contributed by atoms with Gasteiger partial charge in [0.25, 0.3) is 0 Å². The average Bonchev–Trinajstić information content (AvgIpc) is 3.16. The fourth-order valence-electron chi connectivity index (χ4n) is 2.61. The van der Waals surface area contributed by atoms with Crippen LogP contribution in [0.3, 0.4) is 0 Å². The van der Waals surface area contributed by atoms with Crippen molar-refractivity contribution in [3.05, 3.63) is 37.1 Å². The second-order valence-corrected chi connectivity index (χ2v) is 5.72. The maximum atomic E-state index is 10.6. The van der Waals surface area contributed by atoms with Crippen LogP contribution in [0.1, 0.15) is 6.04 Å². The minimum absolute atomic E-state index is 0.235. The Hall–Kier alpha value is -3.23. The number of anilines is 2. The third-order valence-corrected chi connectivity index (χ3v) is 3.93. The van der Waals surface area contributed by atoms with E-state index in [0.29, 0.717) is 19.0 Å². The number of aryl methyl sites for hydroxylation is 1. The summed E-state index contributed by atoms with van der Waals surface area (Å²) in [5.41, 5.74) is 2.53. The van der Waals surface area contributed by atoms with Crippen LogP contribution in [-0.2, 0) is 11.8 Å². The Labute approximate surface area is 137 Å². The highest BCUT2D eigenvalue weighted by Gasteiger charge is 2.27. The highest BCUT2D eigenvalue weighted by molar-refractivity contribution is 5.60. The third-order valence-electron chi connectivity index (χ3n) is 3.93. The normalized spacial score (nSPS) is 14.5. The molecule has 4 rings (SSSR count). The predicted octanol–water partition coefficient (Wildman–Crippen LogP) is 0.830. The fourth-order valence-corrected chi connectivity index (χ4v) is 2.61. The number of carbonyl (C=O) groups is 1. The quantitative estimate of drug-likeness (QED) is 0.699. The van der Waals surface area contributed by atoms with Crippen molar-refractivity contribution in [3.63, 3.8) is 0 Å². The molecule has 1 aliphatic rings. The maximum absolute atomic E-state index is 10.6. The molecule has 1 aliphatic heterocycles. The van der Waals surface area contributed by atoms with Crippen LogP contribution >= 0.6 is 0 Å². The van der Waals surface area contributed by atoms with E-state index in [1.54, 1.807) is 28.2 Å². The van der Waals surface area contributed by atoms with Gasteiger partial charge in [-0.3, -0.25) is 14.2 Å². The van der Waals surface area contributed by atoms with E-state index in [1.807, 2.05) is 30.2 Å². The van der Waals surface area contributed by atoms with E-state index in [0.717, 1.165) is 23.4 Å². The summed E-state index contributed by atoms with van der Waals surface area (Å²) in [4.78, 5) is 21.1. The lowest BCUT2D eigenvalue weighted by Gasteiger charge is -2.36. The highest BCUT2D eigenvalue weighted by Crippen LogP contribution is 2.23. The lowest BCUT2D eigenvalue weighted by Crippen LogP contribution is -2.46. The van der Waals surface area contributed by atoms with Crippen molar-refractivity contribution in [2.24, 2.45) is 7.05 Å². The predicted molar refractivity (Wildman–Crippen MR) is 86.4 cm³/mol. The molecule has 4 heterocycles. The molecule has 122 valence electrons. The summed E-state index contributed by atoms with van der Waals surface area (Å²) in [6, 6.07) is 2.08. The number of aromatic nitrogens is 6. The van der Waals surface area contributed by atoms with E-state index in [4.69, 9.17) is 0 Å². The van der Waals surface area contributed by atoms with E-state index in [1.165, 1.54) is 0 Å². The van der Waals surface area contributed by atoms with Crippen LogP contribution in [0.2, 0.25) is 0 Å². The molecule has 1 fully saturated rings. The maximum Gasteiger partial charge on any atom is 0.227 e. The van der Waals surface area contributed by atoms with Crippen molar-refractivity contribution in [2.75, 3.05) is 18.4 Å². The van der Waals surface area contributed by atoms with E-state index in [2.05, 4.69) is 25.5 Å². The molecular formula is C15H16N8O. The number of amides is 1. The van der Waals surface area contributed by atoms with Gasteiger partial charge in [0.2, 0.25) is 12.4 Å². The topological polar surface area (TPSA) is 93.8 Å². The smallest absolute Gasteiger partial charge is 0.227 e. The summed E-state index contributed by atoms with van der Waals surface area (Å²) in [7, 11) is 1.85. The zero-order valence-corrected chi connectivity index (χ0v) is 13.1. The van der Waals surface area contributed by atoms with Crippen molar-refractivity contribution in [1.29, 1.82) is 0 Å². The molecule has 3 aromatic heterocycles. The first kappa shape index (κ1) is 14.4. The number of hydrogen-bond acceptors (Lipinski definition) is 6. The van der Waals surface area contributed by atoms with Gasteiger partial charge in [0, 0.05) is 44.3 Å². The number of nitrogens with zero attached hydrogens (tertiary/aromatic N) is 7. The van der Waals surface area contributed by atoms with Crippen LogP contribution in [0.5, 0.6) is 0 Å². The zero-order valence-electron chi connectivity index (χ0n) is 13.1. The van der Waals surface area contributed by atoms with Gasteiger partial charge >= 0.3 is 0 Å². The standard InChI is InChI=1S/C15H16N8O/c1-21-7-12(5-17-21)19-15-16-3-2-14(20-15)11-4-18-23(6-11)13-8-22(9-13)10-24/h2-7,10,13H,8-9H2,1H3,(H,16,19,20). The number of likely N-dealkylation sites (tertiary alicyclic amines) is 1. The van der Waals surface area contributed by atoms with Gasteiger partial charge in [0.05, 0.1) is 29.8 Å². The van der Waals surface area contributed by atoms with Crippen molar-refractivity contribution >= 4 is 18.0 Å². The Morgan fingerprint density at radius 2 is 2.12 bits per heavy atom. The van der Waals surface area contributed by atoms with Crippen LogP contribution in [0.4, 0.5) is 11.6 Å². The Morgan fingerprint density at radius 1 is 1.25 bits per heavy atom. The van der Waals surface area contributed by atoms with Gasteiger partial charge in [0.15, 0.2) is 0 Å². The summed E-state index contributed by atoms with van der Waals surface area (Å²) < 4.78 is 3.59. The number of rotatable bonds is 5. The van der Waals surface area contributed by atoms with Crippen LogP contribution in [0.25, 0.3) is 11.3 Å². The number of carbonyl (C=O) groups excluding carboxylic acids is 1. The molecule has 1 N–H and O–H groups in total. The van der Waals surface area contributed by atoms with E-state index >= 15 is 0 Å². The first-order chi connectivity index (χ1) is 11.7. The van der Waals surface area contributed by atoms with Crippen LogP contribution in [0.15, 0.2) is 37.1 Å². The lowest BCUT2D eigenvalue weighted by molar-refractivity contribution is -0.123. The SMILES string of the molecule is Cn1cc(Nc2nccc(-c3cnn(C4CN(C=O)C4)c3)n2)cn1. The van der Waals surface area contributed by atoms with Gasteiger partial charge in [-0.15, -0.1) is 0 Å². The molecule has 0 radical (unpaired) electrons. The first-order valence-corrected chi connectivity index (χ1v) is 7.54. The van der Waals surface area contributed by atoms with Crippen LogP contribution in [-0.4, -0.2) is 53.9 Å². The Morgan fingerprint density at radius 3 is 2.88 bits per heavy atom. The first-order valence-electron chi connectivity index (χ1n) is 7.54. The molecule has 0 spiro atoms. The summed E-state index contributed by atoms with van der Waals surface area (Å²) in [6.07, 6.45) is 9.85. The van der Waals surface area contributed by atoms with E-state index in [9.17, 15) is 4.79 Å². The molecule has 0 atom stereocenters. The molecule has 1 amide bonds. The molecule has 3 aromatic rings. The average molecular weight is 324 g/mol. The summed E-state index contributed by atoms with van der Waals surface area (Å²) >= 11 is 0. The zero-order chi connectivity index (χ0) is 16.5. The van der Waals surface area contributed by atoms with Crippen molar-refractivity contribution in [1.82, 2.24) is 34.4 Å². The monoisotopic (exact) mass is 324 g/mol. The summed E-state index contributed by atoms with van der Waals surface area (Å²) in [5, 5.41) is 11.6. The van der Waals surface area contributed by atoms with Gasteiger partial charge < -0.3 is 10.2 Å². The van der Waals surface area contributed by atoms with Crippen LogP contribution in [0, 0.1) is 0 Å². The number of nitrogens with one attached hydrogen (secondary N) is 1. The molecule has 9 nitrogen and oxygen atoms in total. The number of hydrogen-bond donors (Lipinski definition) is 1. The van der Waals surface area contributed by atoms with Crippen molar-refractivity contribution < 1.29 is 4.79 Å². The lowest BCUT2D eigenvalue weighted by atomic mass is 10.1. The second-order valence-electron chi connectivity index (χ2n) is 5.72. The fraction of sp³-hybridized carbons (Fsp3) is 0.267. The Bertz CT molecular complexity index is 864. The van der Waals surface area contributed by atoms with Gasteiger partial charge in [-0.05, 0) is 6.07 Å². The van der Waals surface area contributed by atoms with Gasteiger partial charge in [-0.2, -0.15) is 10.2 Å². The van der Waals surface area contributed by atoms with Crippen LogP contribution < -0.4 is 5.32 Å². The molecule has 0 unspecified atom stereocenters. The Kier molecular flexibility index (Phi) is 3.45. The third kappa shape index (κ3) is 2.71. The van der Waals surface area contributed by atoms with E-state index < -0.39 is 0 Å². The van der Waals surface area contributed by atoms with Gasteiger partial charge in [0.1, 0.15) is 0 Å². The molecule has 0 aliphatic carbocycles.